The number of aromatic nitrogens is 1. The summed E-state index contributed by atoms with van der Waals surface area (Å²) in [5, 5.41) is 19.9. The molecule has 0 saturated heterocycles. The molecular formula is C18H30N2O2. The zero-order valence-electron chi connectivity index (χ0n) is 14.6. The van der Waals surface area contributed by atoms with Crippen molar-refractivity contribution in [3.63, 3.8) is 0 Å². The number of aryl methyl sites for hydroxylation is 1. The summed E-state index contributed by atoms with van der Waals surface area (Å²) in [6.07, 6.45) is 0.531. The molecule has 0 spiro atoms. The molecule has 1 aromatic carbocycles. The van der Waals surface area contributed by atoms with Crippen LogP contribution in [0.5, 0.6) is 5.75 Å². The Balaban J connectivity index is 0.00000102. The number of rotatable bonds is 3. The van der Waals surface area contributed by atoms with Gasteiger partial charge in [0.15, 0.2) is 0 Å². The Labute approximate surface area is 133 Å². The van der Waals surface area contributed by atoms with Crippen LogP contribution in [0.4, 0.5) is 0 Å². The summed E-state index contributed by atoms with van der Waals surface area (Å²) < 4.78 is 2.01. The standard InChI is InChI=1S/C14H18N2O2.2C2H6/c1-8-12(7-13(15)9(2)17)11-5-4-10(18)6-14(11)16(8)3;2*1-2/h4-6,13,17-18H,2,7,15H2,1,3H3;2*1-2H3. The van der Waals surface area contributed by atoms with Gasteiger partial charge in [-0.3, -0.25) is 0 Å². The van der Waals surface area contributed by atoms with Gasteiger partial charge in [-0.05, 0) is 31.0 Å². The fraction of sp³-hybridized carbons (Fsp3) is 0.444. The molecule has 0 bridgehead atoms. The van der Waals surface area contributed by atoms with E-state index in [0.29, 0.717) is 6.42 Å². The Hall–Kier alpha value is -1.94. The minimum absolute atomic E-state index is 0.00909. The van der Waals surface area contributed by atoms with Gasteiger partial charge in [-0.2, -0.15) is 0 Å². The lowest BCUT2D eigenvalue weighted by atomic mass is 10.0. The molecule has 4 N–H and O–H groups in total. The van der Waals surface area contributed by atoms with Gasteiger partial charge in [-0.15, -0.1) is 0 Å². The Kier molecular flexibility index (Phi) is 8.35. The van der Waals surface area contributed by atoms with Crippen LogP contribution in [0.2, 0.25) is 0 Å². The highest BCUT2D eigenvalue weighted by molar-refractivity contribution is 5.86. The molecule has 0 aliphatic heterocycles. The third-order valence-electron chi connectivity index (χ3n) is 3.46. The minimum atomic E-state index is -0.469. The predicted molar refractivity (Wildman–Crippen MR) is 95.5 cm³/mol. The van der Waals surface area contributed by atoms with E-state index in [1.54, 1.807) is 12.1 Å². The zero-order chi connectivity index (χ0) is 17.4. The second-order valence-electron chi connectivity index (χ2n) is 4.63. The fourth-order valence-electron chi connectivity index (χ4n) is 2.23. The van der Waals surface area contributed by atoms with E-state index < -0.39 is 6.04 Å². The van der Waals surface area contributed by atoms with E-state index in [4.69, 9.17) is 5.73 Å². The smallest absolute Gasteiger partial charge is 0.117 e. The number of nitrogens with zero attached hydrogens (tertiary/aromatic N) is 1. The molecule has 0 radical (unpaired) electrons. The third kappa shape index (κ3) is 4.28. The zero-order valence-corrected chi connectivity index (χ0v) is 14.6. The fourth-order valence-corrected chi connectivity index (χ4v) is 2.23. The summed E-state index contributed by atoms with van der Waals surface area (Å²) in [4.78, 5) is 0. The first-order valence-corrected chi connectivity index (χ1v) is 7.82. The van der Waals surface area contributed by atoms with Crippen LogP contribution < -0.4 is 5.73 Å². The molecule has 0 aliphatic carbocycles. The van der Waals surface area contributed by atoms with Crippen LogP contribution in [0, 0.1) is 6.92 Å². The Bertz CT molecular complexity index is 615. The van der Waals surface area contributed by atoms with Crippen molar-refractivity contribution in [1.29, 1.82) is 0 Å². The van der Waals surface area contributed by atoms with E-state index in [1.807, 2.05) is 52.3 Å². The van der Waals surface area contributed by atoms with Gasteiger partial charge in [0.2, 0.25) is 0 Å². The van der Waals surface area contributed by atoms with Gasteiger partial charge in [0.25, 0.3) is 0 Å². The molecule has 124 valence electrons. The molecule has 0 amide bonds. The summed E-state index contributed by atoms with van der Waals surface area (Å²) in [6, 6.07) is 4.79. The molecular weight excluding hydrogens is 276 g/mol. The Morgan fingerprint density at radius 3 is 2.32 bits per heavy atom. The van der Waals surface area contributed by atoms with Gasteiger partial charge in [0, 0.05) is 24.2 Å². The van der Waals surface area contributed by atoms with E-state index in [9.17, 15) is 10.2 Å². The molecule has 0 aliphatic rings. The number of aliphatic hydroxyl groups is 1. The van der Waals surface area contributed by atoms with Crippen LogP contribution in [-0.2, 0) is 13.5 Å². The molecule has 4 nitrogen and oxygen atoms in total. The number of phenols is 1. The molecule has 1 atom stereocenters. The van der Waals surface area contributed by atoms with E-state index in [-0.39, 0.29) is 11.5 Å². The SMILES string of the molecule is C=C(O)C(N)Cc1c(C)n(C)c2cc(O)ccc12.CC.CC. The summed E-state index contributed by atoms with van der Waals surface area (Å²) in [5.41, 5.74) is 8.95. The van der Waals surface area contributed by atoms with Crippen molar-refractivity contribution >= 4 is 10.9 Å². The number of hydrogen-bond acceptors (Lipinski definition) is 3. The molecule has 0 fully saturated rings. The second-order valence-corrected chi connectivity index (χ2v) is 4.63. The van der Waals surface area contributed by atoms with Crippen molar-refractivity contribution in [2.24, 2.45) is 12.8 Å². The molecule has 1 unspecified atom stereocenters. The van der Waals surface area contributed by atoms with E-state index in [2.05, 4.69) is 6.58 Å². The normalized spacial score (nSPS) is 11.0. The van der Waals surface area contributed by atoms with Gasteiger partial charge < -0.3 is 20.5 Å². The van der Waals surface area contributed by atoms with Crippen LogP contribution in [-0.4, -0.2) is 20.8 Å². The van der Waals surface area contributed by atoms with Crippen LogP contribution in [0.25, 0.3) is 10.9 Å². The number of hydrogen-bond donors (Lipinski definition) is 3. The molecule has 1 heterocycles. The maximum absolute atomic E-state index is 9.53. The summed E-state index contributed by atoms with van der Waals surface area (Å²) in [7, 11) is 1.94. The first kappa shape index (κ1) is 20.1. The largest absolute Gasteiger partial charge is 0.511 e. The first-order chi connectivity index (χ1) is 10.4. The van der Waals surface area contributed by atoms with E-state index in [0.717, 1.165) is 22.2 Å². The highest BCUT2D eigenvalue weighted by Gasteiger charge is 2.16. The maximum atomic E-state index is 9.53. The highest BCUT2D eigenvalue weighted by atomic mass is 16.3. The Morgan fingerprint density at radius 2 is 1.82 bits per heavy atom. The predicted octanol–water partition coefficient (Wildman–Crippen LogP) is 4.19. The third-order valence-corrected chi connectivity index (χ3v) is 3.46. The van der Waals surface area contributed by atoms with Crippen molar-refractivity contribution in [3.05, 3.63) is 41.8 Å². The van der Waals surface area contributed by atoms with Crippen LogP contribution in [0.1, 0.15) is 39.0 Å². The molecule has 1 aromatic heterocycles. The topological polar surface area (TPSA) is 71.4 Å². The van der Waals surface area contributed by atoms with E-state index in [1.165, 1.54) is 0 Å². The molecule has 2 aromatic rings. The summed E-state index contributed by atoms with van der Waals surface area (Å²) in [5.74, 6) is 0.232. The molecule has 2 rings (SSSR count). The quantitative estimate of drug-likeness (QED) is 0.745. The Morgan fingerprint density at radius 1 is 1.27 bits per heavy atom. The first-order valence-electron chi connectivity index (χ1n) is 7.82. The van der Waals surface area contributed by atoms with Gasteiger partial charge in [0.1, 0.15) is 11.5 Å². The second kappa shape index (κ2) is 9.15. The number of benzene rings is 1. The van der Waals surface area contributed by atoms with Crippen LogP contribution >= 0.6 is 0 Å². The van der Waals surface area contributed by atoms with Gasteiger partial charge >= 0.3 is 0 Å². The van der Waals surface area contributed by atoms with Crippen molar-refractivity contribution < 1.29 is 10.2 Å². The lowest BCUT2D eigenvalue weighted by Gasteiger charge is -2.10. The number of fused-ring (bicyclic) bond motifs is 1. The van der Waals surface area contributed by atoms with Gasteiger partial charge in [-0.1, -0.05) is 34.3 Å². The number of aromatic hydroxyl groups is 1. The van der Waals surface area contributed by atoms with Crippen molar-refractivity contribution in [2.75, 3.05) is 0 Å². The average molecular weight is 306 g/mol. The van der Waals surface area contributed by atoms with Gasteiger partial charge in [0.05, 0.1) is 11.6 Å². The lowest BCUT2D eigenvalue weighted by Crippen LogP contribution is -2.25. The summed E-state index contributed by atoms with van der Waals surface area (Å²) >= 11 is 0. The summed E-state index contributed by atoms with van der Waals surface area (Å²) in [6.45, 7) is 13.5. The van der Waals surface area contributed by atoms with Gasteiger partial charge in [-0.25, -0.2) is 0 Å². The van der Waals surface area contributed by atoms with Crippen LogP contribution in [0.15, 0.2) is 30.5 Å². The van der Waals surface area contributed by atoms with Crippen LogP contribution in [0.3, 0.4) is 0 Å². The molecule has 0 saturated carbocycles. The molecule has 22 heavy (non-hydrogen) atoms. The minimum Gasteiger partial charge on any atom is -0.511 e. The van der Waals surface area contributed by atoms with Crippen molar-refractivity contribution in [3.8, 4) is 5.75 Å². The lowest BCUT2D eigenvalue weighted by molar-refractivity contribution is 0.368. The maximum Gasteiger partial charge on any atom is 0.117 e. The number of nitrogens with two attached hydrogens (primary N) is 1. The molecule has 4 heteroatoms. The monoisotopic (exact) mass is 306 g/mol. The highest BCUT2D eigenvalue weighted by Crippen LogP contribution is 2.29. The van der Waals surface area contributed by atoms with Crippen molar-refractivity contribution in [2.45, 2.75) is 47.1 Å². The number of phenolic OH excluding ortho intramolecular Hbond substituents is 1. The van der Waals surface area contributed by atoms with Crippen molar-refractivity contribution in [1.82, 2.24) is 4.57 Å². The number of aliphatic hydroxyl groups excluding tert-OH is 1. The van der Waals surface area contributed by atoms with E-state index >= 15 is 0 Å². The average Bonchev–Trinajstić information content (AvgIpc) is 2.76.